The molecular formula is C17H28N4O3S. The Morgan fingerprint density at radius 3 is 2.40 bits per heavy atom. The molecule has 1 aliphatic rings. The van der Waals surface area contributed by atoms with Gasteiger partial charge in [0.25, 0.3) is 5.91 Å². The second-order valence-electron chi connectivity index (χ2n) is 6.62. The predicted molar refractivity (Wildman–Crippen MR) is 98.7 cm³/mol. The monoisotopic (exact) mass is 368 g/mol. The topological polar surface area (TPSA) is 83.5 Å². The van der Waals surface area contributed by atoms with Crippen molar-refractivity contribution in [2.75, 3.05) is 36.5 Å². The van der Waals surface area contributed by atoms with Crippen molar-refractivity contribution in [3.05, 3.63) is 17.6 Å². The Morgan fingerprint density at radius 1 is 1.24 bits per heavy atom. The van der Waals surface area contributed by atoms with Gasteiger partial charge in [-0.1, -0.05) is 13.8 Å². The second kappa shape index (κ2) is 8.12. The maximum Gasteiger partial charge on any atom is 0.272 e. The summed E-state index contributed by atoms with van der Waals surface area (Å²) in [6.07, 6.45) is 2.47. The molecule has 0 N–H and O–H groups in total. The van der Waals surface area contributed by atoms with Crippen molar-refractivity contribution in [3.63, 3.8) is 0 Å². The van der Waals surface area contributed by atoms with E-state index in [4.69, 9.17) is 0 Å². The van der Waals surface area contributed by atoms with Gasteiger partial charge in [-0.15, -0.1) is 0 Å². The van der Waals surface area contributed by atoms with E-state index in [2.05, 4.69) is 28.7 Å². The third-order valence-corrected chi connectivity index (χ3v) is 6.18. The van der Waals surface area contributed by atoms with Crippen LogP contribution in [0, 0.1) is 6.92 Å². The lowest BCUT2D eigenvalue weighted by molar-refractivity contribution is 0.0741. The summed E-state index contributed by atoms with van der Waals surface area (Å²) in [7, 11) is -1.38. The Bertz CT molecular complexity index is 715. The molecule has 8 heteroatoms. The van der Waals surface area contributed by atoms with Crippen LogP contribution in [0.4, 0.5) is 5.82 Å². The van der Waals surface area contributed by atoms with E-state index in [1.807, 2.05) is 0 Å². The maximum absolute atomic E-state index is 12.8. The quantitative estimate of drug-likeness (QED) is 0.728. The summed E-state index contributed by atoms with van der Waals surface area (Å²) in [6, 6.07) is 1.44. The molecule has 2 rings (SSSR count). The Balaban J connectivity index is 2.24. The van der Waals surface area contributed by atoms with E-state index in [-0.39, 0.29) is 23.5 Å². The second-order valence-corrected chi connectivity index (χ2v) is 8.85. The first kappa shape index (κ1) is 19.6. The van der Waals surface area contributed by atoms with Gasteiger partial charge in [0.1, 0.15) is 17.3 Å². The van der Waals surface area contributed by atoms with Crippen molar-refractivity contribution in [1.82, 2.24) is 14.9 Å². The first-order valence-corrected chi connectivity index (χ1v) is 10.7. The fourth-order valence-corrected chi connectivity index (χ4v) is 4.91. The van der Waals surface area contributed by atoms with Gasteiger partial charge in [-0.05, 0) is 26.2 Å². The Hall–Kier alpha value is -1.70. The molecule has 1 aromatic heterocycles. The molecule has 0 aliphatic carbocycles. The van der Waals surface area contributed by atoms with Crippen molar-refractivity contribution >= 4 is 21.6 Å². The molecule has 1 aliphatic heterocycles. The van der Waals surface area contributed by atoms with Gasteiger partial charge in [0.15, 0.2) is 9.84 Å². The minimum atomic E-state index is -3.04. The van der Waals surface area contributed by atoms with E-state index in [0.29, 0.717) is 17.9 Å². The van der Waals surface area contributed by atoms with Gasteiger partial charge in [-0.2, -0.15) is 0 Å². The highest BCUT2D eigenvalue weighted by Crippen LogP contribution is 2.20. The number of hydrogen-bond donors (Lipinski definition) is 0. The van der Waals surface area contributed by atoms with Crippen LogP contribution < -0.4 is 4.90 Å². The van der Waals surface area contributed by atoms with E-state index in [9.17, 15) is 13.2 Å². The van der Waals surface area contributed by atoms with Crippen molar-refractivity contribution in [1.29, 1.82) is 0 Å². The van der Waals surface area contributed by atoms with Gasteiger partial charge in [-0.3, -0.25) is 4.79 Å². The Kier molecular flexibility index (Phi) is 6.37. The number of sulfone groups is 1. The van der Waals surface area contributed by atoms with E-state index in [1.54, 1.807) is 20.0 Å². The van der Waals surface area contributed by atoms with Gasteiger partial charge in [-0.25, -0.2) is 18.4 Å². The summed E-state index contributed by atoms with van der Waals surface area (Å²) in [4.78, 5) is 25.2. The number of aryl methyl sites for hydroxylation is 1. The SMILES string of the molecule is CCCN(CCC)c1cc(C(=O)N(C)C2CCS(=O)(=O)C2)nc(C)n1. The molecule has 0 spiro atoms. The van der Waals surface area contributed by atoms with Crippen molar-refractivity contribution in [3.8, 4) is 0 Å². The van der Waals surface area contributed by atoms with E-state index < -0.39 is 9.84 Å². The number of carbonyl (C=O) groups excluding carboxylic acids is 1. The van der Waals surface area contributed by atoms with Crippen molar-refractivity contribution < 1.29 is 13.2 Å². The third kappa shape index (κ3) is 4.90. The summed E-state index contributed by atoms with van der Waals surface area (Å²) >= 11 is 0. The lowest BCUT2D eigenvalue weighted by Gasteiger charge is -2.25. The van der Waals surface area contributed by atoms with E-state index in [0.717, 1.165) is 31.7 Å². The normalized spacial score (nSPS) is 19.0. The molecule has 1 unspecified atom stereocenters. The average Bonchev–Trinajstić information content (AvgIpc) is 2.92. The van der Waals surface area contributed by atoms with Crippen LogP contribution >= 0.6 is 0 Å². The molecular weight excluding hydrogens is 340 g/mol. The number of rotatable bonds is 7. The molecule has 7 nitrogen and oxygen atoms in total. The molecule has 25 heavy (non-hydrogen) atoms. The van der Waals surface area contributed by atoms with Crippen molar-refractivity contribution in [2.45, 2.75) is 46.1 Å². The van der Waals surface area contributed by atoms with Gasteiger partial charge in [0.2, 0.25) is 0 Å². The maximum atomic E-state index is 12.8. The molecule has 0 aromatic carbocycles. The zero-order valence-electron chi connectivity index (χ0n) is 15.5. The van der Waals surface area contributed by atoms with Gasteiger partial charge in [0.05, 0.1) is 11.5 Å². The average molecular weight is 369 g/mol. The molecule has 140 valence electrons. The smallest absolute Gasteiger partial charge is 0.272 e. The Labute approximate surface area is 150 Å². The highest BCUT2D eigenvalue weighted by atomic mass is 32.2. The highest BCUT2D eigenvalue weighted by Gasteiger charge is 2.33. The summed E-state index contributed by atoms with van der Waals surface area (Å²) in [6.45, 7) is 7.73. The number of carbonyl (C=O) groups is 1. The molecule has 0 radical (unpaired) electrons. The zero-order valence-corrected chi connectivity index (χ0v) is 16.3. The molecule has 0 saturated carbocycles. The molecule has 2 heterocycles. The molecule has 0 bridgehead atoms. The lowest BCUT2D eigenvalue weighted by Crippen LogP contribution is -2.38. The fraction of sp³-hybridized carbons (Fsp3) is 0.706. The van der Waals surface area contributed by atoms with Crippen LogP contribution in [0.5, 0.6) is 0 Å². The van der Waals surface area contributed by atoms with Crippen molar-refractivity contribution in [2.24, 2.45) is 0 Å². The zero-order chi connectivity index (χ0) is 18.6. The van der Waals surface area contributed by atoms with Crippen LogP contribution in [-0.2, 0) is 9.84 Å². The molecule has 1 atom stereocenters. The summed E-state index contributed by atoms with van der Waals surface area (Å²) in [5.41, 5.74) is 0.325. The summed E-state index contributed by atoms with van der Waals surface area (Å²) in [5.74, 6) is 1.23. The number of aromatic nitrogens is 2. The molecule has 1 saturated heterocycles. The van der Waals surface area contributed by atoms with Gasteiger partial charge >= 0.3 is 0 Å². The van der Waals surface area contributed by atoms with Gasteiger partial charge < -0.3 is 9.80 Å². The number of amides is 1. The number of nitrogens with zero attached hydrogens (tertiary/aromatic N) is 4. The predicted octanol–water partition coefficient (Wildman–Crippen LogP) is 1.67. The van der Waals surface area contributed by atoms with Crippen LogP contribution in [0.25, 0.3) is 0 Å². The number of hydrogen-bond acceptors (Lipinski definition) is 6. The number of anilines is 1. The largest absolute Gasteiger partial charge is 0.357 e. The minimum absolute atomic E-state index is 0.0317. The van der Waals surface area contributed by atoms with E-state index >= 15 is 0 Å². The van der Waals surface area contributed by atoms with Crippen LogP contribution in [0.15, 0.2) is 6.07 Å². The highest BCUT2D eigenvalue weighted by molar-refractivity contribution is 7.91. The molecule has 1 fully saturated rings. The van der Waals surface area contributed by atoms with Crippen LogP contribution in [0.2, 0.25) is 0 Å². The summed E-state index contributed by atoms with van der Waals surface area (Å²) < 4.78 is 23.4. The van der Waals surface area contributed by atoms with Crippen LogP contribution in [0.1, 0.15) is 49.4 Å². The molecule has 1 aromatic rings. The minimum Gasteiger partial charge on any atom is -0.357 e. The standard InChI is InChI=1S/C17H28N4O3S/c1-5-8-21(9-6-2)16-11-15(18-13(3)19-16)17(22)20(4)14-7-10-25(23,24)12-14/h11,14H,5-10,12H2,1-4H3. The lowest BCUT2D eigenvalue weighted by atomic mass is 10.2. The first-order valence-electron chi connectivity index (χ1n) is 8.85. The van der Waals surface area contributed by atoms with Crippen LogP contribution in [-0.4, -0.2) is 66.9 Å². The van der Waals surface area contributed by atoms with Crippen LogP contribution in [0.3, 0.4) is 0 Å². The first-order chi connectivity index (χ1) is 11.8. The fourth-order valence-electron chi connectivity index (χ4n) is 3.13. The van der Waals surface area contributed by atoms with Gasteiger partial charge in [0, 0.05) is 32.2 Å². The van der Waals surface area contributed by atoms with E-state index in [1.165, 1.54) is 4.90 Å². The molecule has 1 amide bonds. The summed E-state index contributed by atoms with van der Waals surface area (Å²) in [5, 5.41) is 0. The third-order valence-electron chi connectivity index (χ3n) is 4.43. The Morgan fingerprint density at radius 2 is 1.88 bits per heavy atom.